The number of benzene rings is 1. The molecule has 0 aliphatic rings. The standard InChI is InChI=1S/C11H8Cl2N2/c1-7-4-2-3-5-8(7)11-14-6-9(12)10(13)15-11/h2-6H,1H3. The van der Waals surface area contributed by atoms with Crippen LogP contribution in [0.2, 0.25) is 10.2 Å². The van der Waals surface area contributed by atoms with Gasteiger partial charge in [-0.1, -0.05) is 47.5 Å². The van der Waals surface area contributed by atoms with Crippen LogP contribution in [0.4, 0.5) is 0 Å². The third kappa shape index (κ3) is 2.11. The first-order chi connectivity index (χ1) is 7.18. The number of nitrogens with zero attached hydrogens (tertiary/aromatic N) is 2. The fraction of sp³-hybridized carbons (Fsp3) is 0.0909. The number of hydrogen-bond donors (Lipinski definition) is 0. The molecular formula is C11H8Cl2N2. The van der Waals surface area contributed by atoms with Gasteiger partial charge in [0.2, 0.25) is 0 Å². The van der Waals surface area contributed by atoms with Crippen molar-refractivity contribution >= 4 is 23.2 Å². The van der Waals surface area contributed by atoms with Gasteiger partial charge in [-0.3, -0.25) is 0 Å². The predicted octanol–water partition coefficient (Wildman–Crippen LogP) is 3.76. The molecule has 2 nitrogen and oxygen atoms in total. The first-order valence-corrected chi connectivity index (χ1v) is 5.18. The summed E-state index contributed by atoms with van der Waals surface area (Å²) in [6.07, 6.45) is 1.51. The fourth-order valence-electron chi connectivity index (χ4n) is 1.30. The summed E-state index contributed by atoms with van der Waals surface area (Å²) in [5, 5.41) is 0.652. The van der Waals surface area contributed by atoms with Gasteiger partial charge in [0.25, 0.3) is 0 Å². The molecule has 1 heterocycles. The SMILES string of the molecule is Cc1ccccc1-c1ncc(Cl)c(Cl)n1. The Labute approximate surface area is 97.9 Å². The van der Waals surface area contributed by atoms with Crippen LogP contribution in [0.1, 0.15) is 5.56 Å². The summed E-state index contributed by atoms with van der Waals surface area (Å²) in [7, 11) is 0. The van der Waals surface area contributed by atoms with Crippen molar-refractivity contribution < 1.29 is 0 Å². The van der Waals surface area contributed by atoms with Gasteiger partial charge in [-0.2, -0.15) is 0 Å². The molecule has 0 atom stereocenters. The minimum Gasteiger partial charge on any atom is -0.235 e. The average molecular weight is 239 g/mol. The van der Waals surface area contributed by atoms with E-state index in [0.717, 1.165) is 11.1 Å². The molecule has 0 fully saturated rings. The Morgan fingerprint density at radius 2 is 1.87 bits per heavy atom. The lowest BCUT2D eigenvalue weighted by atomic mass is 10.1. The average Bonchev–Trinajstić information content (AvgIpc) is 2.23. The van der Waals surface area contributed by atoms with Crippen molar-refractivity contribution in [1.29, 1.82) is 0 Å². The molecule has 0 radical (unpaired) electrons. The lowest BCUT2D eigenvalue weighted by Crippen LogP contribution is -1.91. The second-order valence-electron chi connectivity index (χ2n) is 3.15. The van der Waals surface area contributed by atoms with Crippen LogP contribution in [0.25, 0.3) is 11.4 Å². The van der Waals surface area contributed by atoms with E-state index in [1.54, 1.807) is 0 Å². The number of halogens is 2. The Kier molecular flexibility index (Phi) is 2.89. The minimum atomic E-state index is 0.282. The van der Waals surface area contributed by atoms with Gasteiger partial charge in [-0.15, -0.1) is 0 Å². The van der Waals surface area contributed by atoms with Crippen molar-refractivity contribution in [3.63, 3.8) is 0 Å². The molecule has 0 aliphatic heterocycles. The molecule has 0 aliphatic carbocycles. The molecule has 0 saturated carbocycles. The van der Waals surface area contributed by atoms with Gasteiger partial charge in [0.05, 0.1) is 11.2 Å². The van der Waals surface area contributed by atoms with Crippen molar-refractivity contribution in [2.75, 3.05) is 0 Å². The summed E-state index contributed by atoms with van der Waals surface area (Å²) in [5.41, 5.74) is 2.08. The van der Waals surface area contributed by atoms with Crippen LogP contribution in [0.15, 0.2) is 30.5 Å². The van der Waals surface area contributed by atoms with E-state index in [1.807, 2.05) is 31.2 Å². The molecule has 2 rings (SSSR count). The van der Waals surface area contributed by atoms with Gasteiger partial charge < -0.3 is 0 Å². The Morgan fingerprint density at radius 1 is 1.13 bits per heavy atom. The second kappa shape index (κ2) is 4.17. The van der Waals surface area contributed by atoms with Crippen molar-refractivity contribution in [3.05, 3.63) is 46.2 Å². The summed E-state index contributed by atoms with van der Waals surface area (Å²) in [6, 6.07) is 7.86. The van der Waals surface area contributed by atoms with Crippen molar-refractivity contribution in [3.8, 4) is 11.4 Å². The van der Waals surface area contributed by atoms with E-state index in [9.17, 15) is 0 Å². The van der Waals surface area contributed by atoms with E-state index in [2.05, 4.69) is 9.97 Å². The lowest BCUT2D eigenvalue weighted by molar-refractivity contribution is 1.17. The zero-order valence-corrected chi connectivity index (χ0v) is 9.55. The summed E-state index contributed by atoms with van der Waals surface area (Å²) >= 11 is 11.6. The molecule has 1 aromatic heterocycles. The molecule has 0 amide bonds. The molecule has 0 bridgehead atoms. The molecule has 2 aromatic rings. The molecule has 1 aromatic carbocycles. The van der Waals surface area contributed by atoms with Crippen LogP contribution >= 0.6 is 23.2 Å². The van der Waals surface area contributed by atoms with Gasteiger partial charge in [-0.25, -0.2) is 9.97 Å². The highest BCUT2D eigenvalue weighted by molar-refractivity contribution is 6.41. The number of rotatable bonds is 1. The third-order valence-electron chi connectivity index (χ3n) is 2.09. The van der Waals surface area contributed by atoms with Crippen LogP contribution < -0.4 is 0 Å². The maximum atomic E-state index is 5.83. The highest BCUT2D eigenvalue weighted by Gasteiger charge is 2.06. The van der Waals surface area contributed by atoms with Crippen LogP contribution in [0.3, 0.4) is 0 Å². The monoisotopic (exact) mass is 238 g/mol. The summed E-state index contributed by atoms with van der Waals surface area (Å²) in [5.74, 6) is 0.600. The molecule has 0 N–H and O–H groups in total. The smallest absolute Gasteiger partial charge is 0.161 e. The Balaban J connectivity index is 2.55. The summed E-state index contributed by atoms with van der Waals surface area (Å²) in [6.45, 7) is 2.00. The molecule has 0 saturated heterocycles. The predicted molar refractivity (Wildman–Crippen MR) is 62.2 cm³/mol. The van der Waals surface area contributed by atoms with Gasteiger partial charge in [0, 0.05) is 5.56 Å². The molecule has 4 heteroatoms. The molecule has 0 spiro atoms. The maximum absolute atomic E-state index is 5.83. The van der Waals surface area contributed by atoms with E-state index in [1.165, 1.54) is 6.20 Å². The highest BCUT2D eigenvalue weighted by Crippen LogP contribution is 2.24. The molecular weight excluding hydrogens is 231 g/mol. The Hall–Kier alpha value is -1.12. The van der Waals surface area contributed by atoms with E-state index < -0.39 is 0 Å². The van der Waals surface area contributed by atoms with Gasteiger partial charge in [0.1, 0.15) is 0 Å². The third-order valence-corrected chi connectivity index (χ3v) is 2.75. The molecule has 15 heavy (non-hydrogen) atoms. The first-order valence-electron chi connectivity index (χ1n) is 4.42. The fourth-order valence-corrected chi connectivity index (χ4v) is 1.52. The van der Waals surface area contributed by atoms with Crippen molar-refractivity contribution in [2.24, 2.45) is 0 Å². The summed E-state index contributed by atoms with van der Waals surface area (Å²) < 4.78 is 0. The van der Waals surface area contributed by atoms with E-state index in [0.29, 0.717) is 10.8 Å². The van der Waals surface area contributed by atoms with Gasteiger partial charge >= 0.3 is 0 Å². The zero-order chi connectivity index (χ0) is 10.8. The lowest BCUT2D eigenvalue weighted by Gasteiger charge is -2.04. The Bertz CT molecular complexity index is 498. The summed E-state index contributed by atoms with van der Waals surface area (Å²) in [4.78, 5) is 8.27. The van der Waals surface area contributed by atoms with Crippen LogP contribution in [-0.2, 0) is 0 Å². The van der Waals surface area contributed by atoms with Crippen LogP contribution in [0, 0.1) is 6.92 Å². The van der Waals surface area contributed by atoms with E-state index in [-0.39, 0.29) is 5.15 Å². The van der Waals surface area contributed by atoms with Crippen LogP contribution in [-0.4, -0.2) is 9.97 Å². The first kappa shape index (κ1) is 10.4. The van der Waals surface area contributed by atoms with Crippen LogP contribution in [0.5, 0.6) is 0 Å². The molecule has 0 unspecified atom stereocenters. The van der Waals surface area contributed by atoms with Crippen molar-refractivity contribution in [2.45, 2.75) is 6.92 Å². The van der Waals surface area contributed by atoms with Crippen molar-refractivity contribution in [1.82, 2.24) is 9.97 Å². The Morgan fingerprint density at radius 3 is 2.53 bits per heavy atom. The normalized spacial score (nSPS) is 10.3. The van der Waals surface area contributed by atoms with E-state index >= 15 is 0 Å². The largest absolute Gasteiger partial charge is 0.235 e. The quantitative estimate of drug-likeness (QED) is 0.708. The van der Waals surface area contributed by atoms with E-state index in [4.69, 9.17) is 23.2 Å². The zero-order valence-electron chi connectivity index (χ0n) is 8.04. The number of hydrogen-bond acceptors (Lipinski definition) is 2. The van der Waals surface area contributed by atoms with Gasteiger partial charge in [-0.05, 0) is 12.5 Å². The number of aromatic nitrogens is 2. The number of aryl methyl sites for hydroxylation is 1. The second-order valence-corrected chi connectivity index (χ2v) is 3.91. The molecule has 76 valence electrons. The highest BCUT2D eigenvalue weighted by atomic mass is 35.5. The van der Waals surface area contributed by atoms with Gasteiger partial charge in [0.15, 0.2) is 11.0 Å². The maximum Gasteiger partial charge on any atom is 0.161 e. The topological polar surface area (TPSA) is 25.8 Å². The minimum absolute atomic E-state index is 0.282.